The van der Waals surface area contributed by atoms with Crippen molar-refractivity contribution >= 4 is 0 Å². The second kappa shape index (κ2) is 36.7. The summed E-state index contributed by atoms with van der Waals surface area (Å²) >= 11 is 0. The summed E-state index contributed by atoms with van der Waals surface area (Å²) in [5.74, 6) is 2.81. The summed E-state index contributed by atoms with van der Waals surface area (Å²) in [6.45, 7) is 15.2. The largest absolute Gasteiger partial charge is 0.494 e. The Balaban J connectivity index is 0.000000181. The van der Waals surface area contributed by atoms with Gasteiger partial charge in [0.15, 0.2) is 0 Å². The summed E-state index contributed by atoms with van der Waals surface area (Å²) < 4.78 is 16.9. The molecule has 6 nitrogen and oxygen atoms in total. The number of aryl methyl sites for hydroxylation is 9. The first-order chi connectivity index (χ1) is 41.3. The fraction of sp³-hybridized carbons (Fsp3) is 0.346. The molecule has 84 heavy (non-hydrogen) atoms. The quantitative estimate of drug-likeness (QED) is 0.0418. The average Bonchev–Trinajstić information content (AvgIpc) is 3.66. The van der Waals surface area contributed by atoms with Gasteiger partial charge < -0.3 is 14.2 Å². The van der Waals surface area contributed by atoms with E-state index in [0.29, 0.717) is 6.61 Å². The maximum absolute atomic E-state index is 5.75. The van der Waals surface area contributed by atoms with Crippen LogP contribution in [0.3, 0.4) is 0 Å². The summed E-state index contributed by atoms with van der Waals surface area (Å²) in [6.07, 6.45) is 26.2. The van der Waals surface area contributed by atoms with Crippen LogP contribution in [0.25, 0.3) is 33.4 Å². The van der Waals surface area contributed by atoms with E-state index in [1.54, 1.807) is 0 Å². The van der Waals surface area contributed by atoms with Crippen LogP contribution in [0.5, 0.6) is 17.2 Å². The first kappa shape index (κ1) is 63.7. The lowest BCUT2D eigenvalue weighted by molar-refractivity contribution is 0.309. The predicted octanol–water partition coefficient (Wildman–Crippen LogP) is 20.0. The van der Waals surface area contributed by atoms with E-state index in [4.69, 9.17) is 14.2 Å². The van der Waals surface area contributed by atoms with E-state index in [-0.39, 0.29) is 0 Å². The van der Waals surface area contributed by atoms with Crippen LogP contribution in [0.1, 0.15) is 150 Å². The van der Waals surface area contributed by atoms with Gasteiger partial charge in [0.05, 0.1) is 19.8 Å². The first-order valence-corrected chi connectivity index (χ1v) is 31.6. The highest BCUT2D eigenvalue weighted by Crippen LogP contribution is 2.27. The number of hydrogen-bond acceptors (Lipinski definition) is 6. The van der Waals surface area contributed by atoms with Gasteiger partial charge in [0.2, 0.25) is 0 Å². The molecule has 0 aliphatic rings. The highest BCUT2D eigenvalue weighted by Gasteiger charge is 2.07. The topological polar surface area (TPSA) is 66.4 Å². The summed E-state index contributed by atoms with van der Waals surface area (Å²) in [6, 6.07) is 64.9. The van der Waals surface area contributed by atoms with Crippen molar-refractivity contribution in [1.82, 2.24) is 15.0 Å². The van der Waals surface area contributed by atoms with Gasteiger partial charge in [-0.05, 0) is 218 Å². The van der Waals surface area contributed by atoms with Crippen LogP contribution in [-0.4, -0.2) is 34.8 Å². The summed E-state index contributed by atoms with van der Waals surface area (Å²) in [5, 5.41) is 0. The van der Waals surface area contributed by atoms with Crippen molar-refractivity contribution < 1.29 is 14.2 Å². The Bertz CT molecular complexity index is 3160. The van der Waals surface area contributed by atoms with Crippen molar-refractivity contribution in [2.75, 3.05) is 19.8 Å². The van der Waals surface area contributed by atoms with Crippen LogP contribution in [0.4, 0.5) is 0 Å². The average molecular weight is 1120 g/mol. The Morgan fingerprint density at radius 1 is 0.238 bits per heavy atom. The molecule has 438 valence electrons. The molecule has 9 aromatic rings. The summed E-state index contributed by atoms with van der Waals surface area (Å²) in [4.78, 5) is 13.9. The van der Waals surface area contributed by atoms with Crippen molar-refractivity contribution in [3.05, 3.63) is 251 Å². The first-order valence-electron chi connectivity index (χ1n) is 31.6. The highest BCUT2D eigenvalue weighted by atomic mass is 16.5. The smallest absolute Gasteiger partial charge is 0.119 e. The minimum Gasteiger partial charge on any atom is -0.494 e. The molecule has 0 spiro atoms. The number of hydrogen-bond donors (Lipinski definition) is 0. The van der Waals surface area contributed by atoms with E-state index in [1.165, 1.54) is 122 Å². The number of nitrogens with zero attached hydrogens (tertiary/aromatic N) is 3. The number of benzene rings is 6. The maximum atomic E-state index is 5.75. The molecule has 0 unspecified atom stereocenters. The van der Waals surface area contributed by atoms with Gasteiger partial charge in [-0.1, -0.05) is 188 Å². The van der Waals surface area contributed by atoms with Gasteiger partial charge in [-0.15, -0.1) is 0 Å². The summed E-state index contributed by atoms with van der Waals surface area (Å²) in [5.41, 5.74) is 19.0. The van der Waals surface area contributed by atoms with Crippen molar-refractivity contribution in [2.45, 2.75) is 157 Å². The third-order valence-corrected chi connectivity index (χ3v) is 15.1. The number of pyridine rings is 3. The van der Waals surface area contributed by atoms with Crippen molar-refractivity contribution in [2.24, 2.45) is 0 Å². The number of rotatable bonds is 30. The lowest BCUT2D eigenvalue weighted by Gasteiger charge is -2.08. The number of aromatic nitrogens is 3. The minimum atomic E-state index is 0.699. The van der Waals surface area contributed by atoms with Gasteiger partial charge in [-0.2, -0.15) is 0 Å². The van der Waals surface area contributed by atoms with E-state index in [9.17, 15) is 0 Å². The molecule has 0 radical (unpaired) electrons. The van der Waals surface area contributed by atoms with E-state index in [0.717, 1.165) is 108 Å². The molecule has 0 aliphatic heterocycles. The zero-order valence-electron chi connectivity index (χ0n) is 51.5. The van der Waals surface area contributed by atoms with Crippen LogP contribution in [0.15, 0.2) is 201 Å². The molecule has 0 saturated carbocycles. The standard InChI is InChI=1S/C27H33NO.C26H31NO.C25H29NO/c1-3-5-7-23-11-17-26(28-21-23)16-10-22-8-12-24(13-9-22)25-14-18-27(19-15-25)29-20-6-4-2;1-3-5-6-22-10-16-25(27-20-22)15-9-21-7-11-23(12-8-21)24-13-17-26(18-14-24)28-19-4-2;1-3-5-6-21-10-16-24(26-19-21)15-9-20-7-11-22(12-8-20)23-13-17-25(18-14-23)27-4-2/h8-9,11-15,17-19,21H,3-7,10,16,20H2,1-2H3;7-8,10-14,16-18,20H,3-6,9,15,19H2,1-2H3;7-8,10-14,16-19H,3-6,9,15H2,1-2H3. The fourth-order valence-electron chi connectivity index (χ4n) is 9.76. The normalized spacial score (nSPS) is 10.8. The van der Waals surface area contributed by atoms with Crippen LogP contribution >= 0.6 is 0 Å². The molecule has 6 aromatic carbocycles. The number of ether oxygens (including phenoxy) is 3. The van der Waals surface area contributed by atoms with Crippen molar-refractivity contribution in [3.8, 4) is 50.6 Å². The molecule has 0 aliphatic carbocycles. The van der Waals surface area contributed by atoms with E-state index in [2.05, 4.69) is 219 Å². The monoisotopic (exact) mass is 1120 g/mol. The molecular formula is C78H93N3O3. The molecule has 0 bridgehead atoms. The van der Waals surface area contributed by atoms with Gasteiger partial charge in [0, 0.05) is 35.7 Å². The van der Waals surface area contributed by atoms with Gasteiger partial charge >= 0.3 is 0 Å². The Morgan fingerprint density at radius 2 is 0.512 bits per heavy atom. The lowest BCUT2D eigenvalue weighted by Crippen LogP contribution is -1.96. The van der Waals surface area contributed by atoms with Gasteiger partial charge in [0.1, 0.15) is 17.2 Å². The van der Waals surface area contributed by atoms with Crippen LogP contribution in [0, 0.1) is 0 Å². The van der Waals surface area contributed by atoms with E-state index in [1.807, 2.05) is 37.6 Å². The fourth-order valence-corrected chi connectivity index (χ4v) is 9.76. The molecule has 9 rings (SSSR count). The molecule has 6 heteroatoms. The Morgan fingerprint density at radius 3 is 0.774 bits per heavy atom. The van der Waals surface area contributed by atoms with Crippen molar-refractivity contribution in [3.63, 3.8) is 0 Å². The van der Waals surface area contributed by atoms with Gasteiger partial charge in [-0.25, -0.2) is 0 Å². The number of unbranched alkanes of at least 4 members (excludes halogenated alkanes) is 4. The molecule has 3 aromatic heterocycles. The predicted molar refractivity (Wildman–Crippen MR) is 354 cm³/mol. The minimum absolute atomic E-state index is 0.699. The van der Waals surface area contributed by atoms with E-state index >= 15 is 0 Å². The summed E-state index contributed by atoms with van der Waals surface area (Å²) in [7, 11) is 0. The van der Waals surface area contributed by atoms with Gasteiger partial charge in [0.25, 0.3) is 0 Å². The second-order valence-electron chi connectivity index (χ2n) is 21.9. The molecule has 3 heterocycles. The SMILES string of the molecule is CCCCOc1ccc(-c2ccc(CCc3ccc(CCCC)cn3)cc2)cc1.CCCCc1ccc(CCc2ccc(-c3ccc(OCC)cc3)cc2)nc1.CCCCc1ccc(CCc2ccc(-c3ccc(OCCC)cc3)cc2)nc1. The molecule has 0 N–H and O–H groups in total. The lowest BCUT2D eigenvalue weighted by atomic mass is 10.0. The Labute approximate surface area is 505 Å². The van der Waals surface area contributed by atoms with Crippen molar-refractivity contribution in [1.29, 1.82) is 0 Å². The van der Waals surface area contributed by atoms with Crippen LogP contribution in [0.2, 0.25) is 0 Å². The molecule has 0 saturated heterocycles. The third kappa shape index (κ3) is 22.4. The Hall–Kier alpha value is -7.83. The molecule has 0 atom stereocenters. The molecule has 0 amide bonds. The maximum Gasteiger partial charge on any atom is 0.119 e. The highest BCUT2D eigenvalue weighted by molar-refractivity contribution is 5.66. The molecular weight excluding hydrogens is 1030 g/mol. The third-order valence-electron chi connectivity index (χ3n) is 15.1. The van der Waals surface area contributed by atoms with Crippen LogP contribution < -0.4 is 14.2 Å². The molecule has 0 fully saturated rings. The second-order valence-corrected chi connectivity index (χ2v) is 21.9. The van der Waals surface area contributed by atoms with Gasteiger partial charge in [-0.3, -0.25) is 15.0 Å². The Kier molecular flexibility index (Phi) is 27.8. The zero-order chi connectivity index (χ0) is 58.8. The van der Waals surface area contributed by atoms with Crippen LogP contribution in [-0.2, 0) is 57.8 Å². The van der Waals surface area contributed by atoms with E-state index < -0.39 is 0 Å². The zero-order valence-corrected chi connectivity index (χ0v) is 51.5.